The Hall–Kier alpha value is -2.37. The van der Waals surface area contributed by atoms with E-state index in [4.69, 9.17) is 21.4 Å². The third-order valence-corrected chi connectivity index (χ3v) is 4.30. The number of hydrogen-bond donors (Lipinski definition) is 1. The molecule has 0 aliphatic carbocycles. The van der Waals surface area contributed by atoms with Crippen LogP contribution in [-0.2, 0) is 9.53 Å². The van der Waals surface area contributed by atoms with E-state index in [1.165, 1.54) is 0 Å². The largest absolute Gasteiger partial charge is 0.383 e. The Balaban J connectivity index is 2.03. The van der Waals surface area contributed by atoms with Gasteiger partial charge >= 0.3 is 0 Å². The van der Waals surface area contributed by atoms with Crippen LogP contribution in [0.5, 0.6) is 0 Å². The zero-order valence-electron chi connectivity index (χ0n) is 14.2. The van der Waals surface area contributed by atoms with Crippen LogP contribution in [0.2, 0.25) is 5.02 Å². The third kappa shape index (κ3) is 3.67. The lowest BCUT2D eigenvalue weighted by Gasteiger charge is -2.13. The number of carbonyl (C=O) groups excluding carboxylic acids is 1. The van der Waals surface area contributed by atoms with E-state index in [-0.39, 0.29) is 5.91 Å². The first-order chi connectivity index (χ1) is 12.1. The van der Waals surface area contributed by atoms with Gasteiger partial charge < -0.3 is 10.1 Å². The fourth-order valence-corrected chi connectivity index (χ4v) is 2.92. The summed E-state index contributed by atoms with van der Waals surface area (Å²) in [7, 11) is 1.60. The number of ether oxygens (including phenoxy) is 1. The summed E-state index contributed by atoms with van der Waals surface area (Å²) >= 11 is 6.18. The van der Waals surface area contributed by atoms with Crippen LogP contribution in [0.15, 0.2) is 48.5 Å². The van der Waals surface area contributed by atoms with Crippen molar-refractivity contribution in [3.05, 3.63) is 53.6 Å². The van der Waals surface area contributed by atoms with E-state index in [2.05, 4.69) is 5.32 Å². The van der Waals surface area contributed by atoms with Crippen LogP contribution in [0.3, 0.4) is 0 Å². The van der Waals surface area contributed by atoms with E-state index in [0.29, 0.717) is 18.2 Å². The highest BCUT2D eigenvalue weighted by molar-refractivity contribution is 6.31. The number of rotatable bonds is 6. The molecule has 25 heavy (non-hydrogen) atoms. The van der Waals surface area contributed by atoms with E-state index in [1.54, 1.807) is 11.8 Å². The van der Waals surface area contributed by atoms with Crippen molar-refractivity contribution in [3.63, 3.8) is 0 Å². The van der Waals surface area contributed by atoms with Crippen molar-refractivity contribution in [2.75, 3.05) is 20.3 Å². The van der Waals surface area contributed by atoms with Crippen molar-refractivity contribution in [1.82, 2.24) is 15.1 Å². The summed E-state index contributed by atoms with van der Waals surface area (Å²) < 4.78 is 6.72. The molecule has 0 saturated carbocycles. The number of amides is 1. The van der Waals surface area contributed by atoms with E-state index >= 15 is 0 Å². The molecule has 130 valence electrons. The van der Waals surface area contributed by atoms with Crippen molar-refractivity contribution in [1.29, 1.82) is 0 Å². The van der Waals surface area contributed by atoms with Crippen molar-refractivity contribution in [3.8, 4) is 11.3 Å². The summed E-state index contributed by atoms with van der Waals surface area (Å²) in [5.41, 5.74) is 2.67. The van der Waals surface area contributed by atoms with Gasteiger partial charge in [-0.3, -0.25) is 9.48 Å². The molecule has 0 unspecified atom stereocenters. The summed E-state index contributed by atoms with van der Waals surface area (Å²) in [4.78, 5) is 12.4. The summed E-state index contributed by atoms with van der Waals surface area (Å²) in [5.74, 6) is -0.101. The molecular weight excluding hydrogens is 338 g/mol. The number of fused-ring (bicyclic) bond motifs is 1. The summed E-state index contributed by atoms with van der Waals surface area (Å²) in [6.07, 6.45) is 0. The lowest BCUT2D eigenvalue weighted by Crippen LogP contribution is -2.33. The number of benzene rings is 2. The molecule has 0 aliphatic rings. The second-order valence-corrected chi connectivity index (χ2v) is 6.22. The second-order valence-electron chi connectivity index (χ2n) is 5.78. The van der Waals surface area contributed by atoms with E-state index in [1.807, 2.05) is 55.5 Å². The minimum atomic E-state index is -0.446. The molecule has 0 spiro atoms. The molecule has 6 heteroatoms. The predicted octanol–water partition coefficient (Wildman–Crippen LogP) is 3.68. The van der Waals surface area contributed by atoms with Gasteiger partial charge in [0.2, 0.25) is 5.91 Å². The number of aromatic nitrogens is 2. The van der Waals surface area contributed by atoms with Gasteiger partial charge in [0.1, 0.15) is 11.7 Å². The van der Waals surface area contributed by atoms with Crippen LogP contribution in [0, 0.1) is 0 Å². The smallest absolute Gasteiger partial charge is 0.244 e. The second kappa shape index (κ2) is 7.68. The van der Waals surface area contributed by atoms with Crippen LogP contribution in [0.1, 0.15) is 13.0 Å². The van der Waals surface area contributed by atoms with Gasteiger partial charge in [-0.1, -0.05) is 41.9 Å². The van der Waals surface area contributed by atoms with Gasteiger partial charge in [-0.2, -0.15) is 5.10 Å². The van der Waals surface area contributed by atoms with E-state index < -0.39 is 6.04 Å². The fraction of sp³-hybridized carbons (Fsp3) is 0.263. The lowest BCUT2D eigenvalue weighted by molar-refractivity contribution is -0.124. The maximum atomic E-state index is 12.4. The molecule has 5 nitrogen and oxygen atoms in total. The first-order valence-electron chi connectivity index (χ1n) is 8.11. The topological polar surface area (TPSA) is 56.1 Å². The maximum Gasteiger partial charge on any atom is 0.244 e. The molecular formula is C19H20ClN3O2. The highest BCUT2D eigenvalue weighted by atomic mass is 35.5. The molecule has 0 radical (unpaired) electrons. The normalized spacial score (nSPS) is 12.3. The Bertz CT molecular complexity index is 877. The van der Waals surface area contributed by atoms with Gasteiger partial charge in [0, 0.05) is 29.6 Å². The van der Waals surface area contributed by atoms with Gasteiger partial charge in [0.15, 0.2) is 0 Å². The van der Waals surface area contributed by atoms with Crippen LogP contribution in [-0.4, -0.2) is 35.9 Å². The highest BCUT2D eigenvalue weighted by Crippen LogP contribution is 2.31. The maximum absolute atomic E-state index is 12.4. The Morgan fingerprint density at radius 2 is 2.04 bits per heavy atom. The predicted molar refractivity (Wildman–Crippen MR) is 99.8 cm³/mol. The summed E-state index contributed by atoms with van der Waals surface area (Å²) in [5, 5.41) is 9.14. The number of hydrogen-bond acceptors (Lipinski definition) is 3. The van der Waals surface area contributed by atoms with Gasteiger partial charge in [-0.05, 0) is 25.1 Å². The van der Waals surface area contributed by atoms with Gasteiger partial charge in [-0.15, -0.1) is 0 Å². The van der Waals surface area contributed by atoms with Crippen LogP contribution in [0.25, 0.3) is 22.2 Å². The van der Waals surface area contributed by atoms with Gasteiger partial charge in [0.25, 0.3) is 0 Å². The van der Waals surface area contributed by atoms with E-state index in [0.717, 1.165) is 22.2 Å². The van der Waals surface area contributed by atoms with Crippen molar-refractivity contribution in [2.45, 2.75) is 13.0 Å². The number of nitrogens with one attached hydrogen (secondary N) is 1. The molecule has 1 aromatic heterocycles. The molecule has 1 heterocycles. The van der Waals surface area contributed by atoms with E-state index in [9.17, 15) is 4.79 Å². The first-order valence-corrected chi connectivity index (χ1v) is 8.49. The highest BCUT2D eigenvalue weighted by Gasteiger charge is 2.21. The summed E-state index contributed by atoms with van der Waals surface area (Å²) in [6, 6.07) is 15.0. The lowest BCUT2D eigenvalue weighted by atomic mass is 10.1. The number of methoxy groups -OCH3 is 1. The molecule has 1 N–H and O–H groups in total. The van der Waals surface area contributed by atoms with Crippen LogP contribution < -0.4 is 5.32 Å². The van der Waals surface area contributed by atoms with Crippen molar-refractivity contribution in [2.24, 2.45) is 0 Å². The monoisotopic (exact) mass is 357 g/mol. The number of carbonyl (C=O) groups is 1. The fourth-order valence-electron chi connectivity index (χ4n) is 2.75. The zero-order chi connectivity index (χ0) is 17.8. The number of halogens is 1. The molecule has 0 fully saturated rings. The Labute approximate surface area is 151 Å². The minimum absolute atomic E-state index is 0.101. The Morgan fingerprint density at radius 3 is 2.76 bits per heavy atom. The average Bonchev–Trinajstić information content (AvgIpc) is 3.00. The Morgan fingerprint density at radius 1 is 1.28 bits per heavy atom. The minimum Gasteiger partial charge on any atom is -0.383 e. The molecule has 3 aromatic rings. The SMILES string of the molecule is COCCNC(=O)[C@H](C)n1nc(-c2ccccc2)c2cc(Cl)ccc21. The van der Waals surface area contributed by atoms with Gasteiger partial charge in [0.05, 0.1) is 12.1 Å². The zero-order valence-corrected chi connectivity index (χ0v) is 15.0. The Kier molecular flexibility index (Phi) is 5.36. The molecule has 0 bridgehead atoms. The summed E-state index contributed by atoms with van der Waals surface area (Å²) in [6.45, 7) is 2.78. The third-order valence-electron chi connectivity index (χ3n) is 4.07. The van der Waals surface area contributed by atoms with Gasteiger partial charge in [-0.25, -0.2) is 0 Å². The molecule has 1 amide bonds. The molecule has 1 atom stereocenters. The average molecular weight is 358 g/mol. The van der Waals surface area contributed by atoms with Crippen LogP contribution in [0.4, 0.5) is 0 Å². The number of nitrogens with zero attached hydrogens (tertiary/aromatic N) is 2. The molecule has 0 saturated heterocycles. The molecule has 3 rings (SSSR count). The standard InChI is InChI=1S/C19H20ClN3O2/c1-13(19(24)21-10-11-25-2)23-17-9-8-15(20)12-16(17)18(22-23)14-6-4-3-5-7-14/h3-9,12-13H,10-11H2,1-2H3,(H,21,24)/t13-/m0/s1. The first kappa shape index (κ1) is 17.5. The van der Waals surface area contributed by atoms with Crippen molar-refractivity contribution < 1.29 is 9.53 Å². The quantitative estimate of drug-likeness (QED) is 0.685. The van der Waals surface area contributed by atoms with Crippen LogP contribution >= 0.6 is 11.6 Å². The van der Waals surface area contributed by atoms with Crippen molar-refractivity contribution >= 4 is 28.4 Å². The molecule has 0 aliphatic heterocycles. The molecule has 2 aromatic carbocycles.